The van der Waals surface area contributed by atoms with Gasteiger partial charge in [-0.25, -0.2) is 4.39 Å². The molecule has 3 aromatic carbocycles. The molecule has 0 bridgehead atoms. The van der Waals surface area contributed by atoms with Gasteiger partial charge in [-0.1, -0.05) is 36.4 Å². The van der Waals surface area contributed by atoms with Crippen molar-refractivity contribution in [3.8, 4) is 0 Å². The van der Waals surface area contributed by atoms with E-state index in [0.717, 1.165) is 0 Å². The van der Waals surface area contributed by atoms with Crippen LogP contribution in [0.4, 0.5) is 4.39 Å². The number of aromatic nitrogens is 2. The van der Waals surface area contributed by atoms with Gasteiger partial charge in [0, 0.05) is 38.3 Å². The standard InChI is InChI=1S/C27H23FN4O3/c28-23-11-10-19(17-32-18-29-25(33)21-8-4-5-9-24(21)32)16-22(23)27(35)31-14-12-30(13-15-31)26(34)20-6-2-1-3-7-20/h1-11,16,18H,12-15,17H2. The maximum absolute atomic E-state index is 14.7. The van der Waals surface area contributed by atoms with Crippen LogP contribution in [0.1, 0.15) is 26.3 Å². The highest BCUT2D eigenvalue weighted by Gasteiger charge is 2.27. The average Bonchev–Trinajstić information content (AvgIpc) is 2.91. The molecule has 1 aliphatic rings. The number of fused-ring (bicyclic) bond motifs is 1. The number of halogens is 1. The van der Waals surface area contributed by atoms with E-state index in [1.165, 1.54) is 12.4 Å². The molecule has 0 unspecified atom stereocenters. The van der Waals surface area contributed by atoms with Crippen molar-refractivity contribution < 1.29 is 14.0 Å². The van der Waals surface area contributed by atoms with E-state index in [0.29, 0.717) is 54.8 Å². The summed E-state index contributed by atoms with van der Waals surface area (Å²) in [6.45, 7) is 1.75. The molecule has 8 heteroatoms. The Morgan fingerprint density at radius 1 is 0.829 bits per heavy atom. The fourth-order valence-electron chi connectivity index (χ4n) is 4.36. The molecule has 0 atom stereocenters. The van der Waals surface area contributed by atoms with Gasteiger partial charge < -0.3 is 14.4 Å². The molecule has 0 N–H and O–H groups in total. The molecule has 0 spiro atoms. The molecule has 4 aromatic rings. The Kier molecular flexibility index (Phi) is 6.10. The lowest BCUT2D eigenvalue weighted by Crippen LogP contribution is -2.50. The summed E-state index contributed by atoms with van der Waals surface area (Å²) in [5.41, 5.74) is 1.71. The predicted octanol–water partition coefficient (Wildman–Crippen LogP) is 3.18. The predicted molar refractivity (Wildman–Crippen MR) is 130 cm³/mol. The van der Waals surface area contributed by atoms with Crippen LogP contribution in [0, 0.1) is 5.82 Å². The summed E-state index contributed by atoms with van der Waals surface area (Å²) >= 11 is 0. The molecule has 1 saturated heterocycles. The molecule has 1 aromatic heterocycles. The number of nitrogens with zero attached hydrogens (tertiary/aromatic N) is 4. The Balaban J connectivity index is 1.32. The van der Waals surface area contributed by atoms with Crippen LogP contribution in [0.5, 0.6) is 0 Å². The number of benzene rings is 3. The molecular weight excluding hydrogens is 447 g/mol. The zero-order chi connectivity index (χ0) is 24.4. The second-order valence-electron chi connectivity index (χ2n) is 8.46. The van der Waals surface area contributed by atoms with Gasteiger partial charge in [0.25, 0.3) is 17.4 Å². The molecule has 0 saturated carbocycles. The van der Waals surface area contributed by atoms with Crippen LogP contribution in [0.15, 0.2) is 83.9 Å². The molecular formula is C27H23FN4O3. The van der Waals surface area contributed by atoms with Crippen molar-refractivity contribution in [3.05, 3.63) is 112 Å². The minimum atomic E-state index is -0.593. The fraction of sp³-hybridized carbons (Fsp3) is 0.185. The van der Waals surface area contributed by atoms with Crippen molar-refractivity contribution >= 4 is 22.7 Å². The Morgan fingerprint density at radius 3 is 2.23 bits per heavy atom. The Hall–Kier alpha value is -4.33. The zero-order valence-corrected chi connectivity index (χ0v) is 18.9. The number of hydrogen-bond donors (Lipinski definition) is 0. The van der Waals surface area contributed by atoms with Crippen molar-refractivity contribution in [3.63, 3.8) is 0 Å². The highest BCUT2D eigenvalue weighted by molar-refractivity contribution is 5.96. The smallest absolute Gasteiger partial charge is 0.280 e. The number of para-hydroxylation sites is 1. The quantitative estimate of drug-likeness (QED) is 0.459. The van der Waals surface area contributed by atoms with Gasteiger partial charge in [-0.2, -0.15) is 4.98 Å². The number of amides is 2. The summed E-state index contributed by atoms with van der Waals surface area (Å²) in [7, 11) is 0. The molecule has 2 amide bonds. The number of rotatable bonds is 4. The van der Waals surface area contributed by atoms with Crippen LogP contribution in [0.25, 0.3) is 10.9 Å². The third-order valence-corrected chi connectivity index (χ3v) is 6.25. The summed E-state index contributed by atoms with van der Waals surface area (Å²) in [5.74, 6) is -1.07. The Labute approximate surface area is 201 Å². The van der Waals surface area contributed by atoms with Gasteiger partial charge in [-0.3, -0.25) is 14.4 Å². The Bertz CT molecular complexity index is 1460. The largest absolute Gasteiger partial charge is 0.335 e. The summed E-state index contributed by atoms with van der Waals surface area (Å²) in [5, 5.41) is 0.497. The molecule has 0 aliphatic carbocycles. The average molecular weight is 471 g/mol. The van der Waals surface area contributed by atoms with E-state index >= 15 is 0 Å². The van der Waals surface area contributed by atoms with Crippen LogP contribution in [-0.2, 0) is 6.54 Å². The van der Waals surface area contributed by atoms with Crippen LogP contribution in [0.2, 0.25) is 0 Å². The maximum Gasteiger partial charge on any atom is 0.280 e. The normalized spacial score (nSPS) is 13.7. The van der Waals surface area contributed by atoms with Gasteiger partial charge in [0.05, 0.1) is 22.8 Å². The van der Waals surface area contributed by atoms with Gasteiger partial charge in [-0.15, -0.1) is 0 Å². The lowest BCUT2D eigenvalue weighted by atomic mass is 10.1. The lowest BCUT2D eigenvalue weighted by Gasteiger charge is -2.35. The molecule has 35 heavy (non-hydrogen) atoms. The van der Waals surface area contributed by atoms with Crippen molar-refractivity contribution in [1.29, 1.82) is 0 Å². The lowest BCUT2D eigenvalue weighted by molar-refractivity contribution is 0.0532. The minimum absolute atomic E-state index is 0.0105. The van der Waals surface area contributed by atoms with Crippen LogP contribution >= 0.6 is 0 Å². The van der Waals surface area contributed by atoms with Crippen LogP contribution in [-0.4, -0.2) is 57.3 Å². The molecule has 1 aliphatic heterocycles. The second kappa shape index (κ2) is 9.50. The third kappa shape index (κ3) is 4.55. The highest BCUT2D eigenvalue weighted by atomic mass is 19.1. The van der Waals surface area contributed by atoms with E-state index in [-0.39, 0.29) is 17.0 Å². The highest BCUT2D eigenvalue weighted by Crippen LogP contribution is 2.18. The van der Waals surface area contributed by atoms with Crippen molar-refractivity contribution in [2.24, 2.45) is 0 Å². The molecule has 2 heterocycles. The summed E-state index contributed by atoms with van der Waals surface area (Å²) in [6, 6.07) is 20.6. The first-order valence-electron chi connectivity index (χ1n) is 11.4. The van der Waals surface area contributed by atoms with Crippen molar-refractivity contribution in [2.45, 2.75) is 6.54 Å². The molecule has 0 radical (unpaired) electrons. The first-order chi connectivity index (χ1) is 17.0. The summed E-state index contributed by atoms with van der Waals surface area (Å²) < 4.78 is 16.5. The molecule has 1 fully saturated rings. The SMILES string of the molecule is O=C(c1ccccc1)N1CCN(C(=O)c2cc(Cn3cnc(=O)c4ccccc43)ccc2F)CC1. The fourth-order valence-corrected chi connectivity index (χ4v) is 4.36. The van der Waals surface area contributed by atoms with Gasteiger partial charge in [0.1, 0.15) is 5.82 Å². The molecule has 7 nitrogen and oxygen atoms in total. The van der Waals surface area contributed by atoms with E-state index in [9.17, 15) is 18.8 Å². The number of carbonyl (C=O) groups is 2. The van der Waals surface area contributed by atoms with Crippen molar-refractivity contribution in [1.82, 2.24) is 19.4 Å². The summed E-state index contributed by atoms with van der Waals surface area (Å²) in [4.78, 5) is 45.1. The van der Waals surface area contributed by atoms with Gasteiger partial charge in [-0.05, 0) is 42.0 Å². The first kappa shape index (κ1) is 22.5. The topological polar surface area (TPSA) is 75.5 Å². The van der Waals surface area contributed by atoms with Gasteiger partial charge in [0.2, 0.25) is 0 Å². The van der Waals surface area contributed by atoms with E-state index < -0.39 is 11.7 Å². The Morgan fingerprint density at radius 2 is 1.49 bits per heavy atom. The van der Waals surface area contributed by atoms with E-state index in [1.54, 1.807) is 50.8 Å². The third-order valence-electron chi connectivity index (χ3n) is 6.25. The van der Waals surface area contributed by atoms with Crippen molar-refractivity contribution in [2.75, 3.05) is 26.2 Å². The van der Waals surface area contributed by atoms with E-state index in [1.807, 2.05) is 30.3 Å². The maximum atomic E-state index is 14.7. The molecule has 176 valence electrons. The number of carbonyl (C=O) groups excluding carboxylic acids is 2. The van der Waals surface area contributed by atoms with E-state index in [2.05, 4.69) is 4.98 Å². The van der Waals surface area contributed by atoms with E-state index in [4.69, 9.17) is 0 Å². The van der Waals surface area contributed by atoms with Gasteiger partial charge in [0.15, 0.2) is 0 Å². The molecule has 5 rings (SSSR count). The monoisotopic (exact) mass is 470 g/mol. The van der Waals surface area contributed by atoms with Crippen LogP contribution < -0.4 is 5.56 Å². The van der Waals surface area contributed by atoms with Gasteiger partial charge >= 0.3 is 0 Å². The number of hydrogen-bond acceptors (Lipinski definition) is 4. The first-order valence-corrected chi connectivity index (χ1v) is 11.4. The number of piperazine rings is 1. The minimum Gasteiger partial charge on any atom is -0.335 e. The second-order valence-corrected chi connectivity index (χ2v) is 8.46. The zero-order valence-electron chi connectivity index (χ0n) is 18.9. The van der Waals surface area contributed by atoms with Crippen LogP contribution in [0.3, 0.4) is 0 Å². The summed E-state index contributed by atoms with van der Waals surface area (Å²) in [6.07, 6.45) is 1.46.